The molecule has 0 aromatic carbocycles. The molecule has 2 heterocycles. The zero-order valence-corrected chi connectivity index (χ0v) is 10.7. The molecular weight excluding hydrogens is 212 g/mol. The lowest BCUT2D eigenvalue weighted by molar-refractivity contribution is 0.552. The molecule has 1 aliphatic heterocycles. The number of hydrogen-bond donors (Lipinski definition) is 1. The van der Waals surface area contributed by atoms with Gasteiger partial charge < -0.3 is 10.2 Å². The van der Waals surface area contributed by atoms with Crippen molar-refractivity contribution in [2.75, 3.05) is 25.0 Å². The number of rotatable bonds is 3. The fourth-order valence-electron chi connectivity index (χ4n) is 2.27. The maximum Gasteiger partial charge on any atom is 0.151 e. The second kappa shape index (κ2) is 6.55. The maximum absolute atomic E-state index is 4.33. The van der Waals surface area contributed by atoms with Gasteiger partial charge in [-0.15, -0.1) is 5.10 Å². The molecule has 94 valence electrons. The molecule has 0 bridgehead atoms. The zero-order valence-electron chi connectivity index (χ0n) is 10.7. The Kier molecular flexibility index (Phi) is 4.74. The van der Waals surface area contributed by atoms with Crippen LogP contribution in [0.15, 0.2) is 12.1 Å². The average Bonchev–Trinajstić information content (AvgIpc) is 2.30. The van der Waals surface area contributed by atoms with Crippen LogP contribution >= 0.6 is 0 Å². The van der Waals surface area contributed by atoms with Crippen molar-refractivity contribution < 1.29 is 0 Å². The summed E-state index contributed by atoms with van der Waals surface area (Å²) in [5.74, 6) is 1.03. The highest BCUT2D eigenvalue weighted by Gasteiger charge is 2.10. The Morgan fingerprint density at radius 3 is 2.35 bits per heavy atom. The van der Waals surface area contributed by atoms with E-state index in [1.54, 1.807) is 0 Å². The molecule has 1 fully saturated rings. The van der Waals surface area contributed by atoms with Crippen LogP contribution in [0.1, 0.15) is 37.8 Å². The molecule has 0 amide bonds. The van der Waals surface area contributed by atoms with Crippen LogP contribution in [-0.2, 0) is 6.54 Å². The third-order valence-electron chi connectivity index (χ3n) is 3.24. The Morgan fingerprint density at radius 2 is 1.76 bits per heavy atom. The van der Waals surface area contributed by atoms with Crippen molar-refractivity contribution in [2.24, 2.45) is 0 Å². The van der Waals surface area contributed by atoms with Gasteiger partial charge in [0.15, 0.2) is 5.82 Å². The summed E-state index contributed by atoms with van der Waals surface area (Å²) < 4.78 is 0. The van der Waals surface area contributed by atoms with Gasteiger partial charge in [0.2, 0.25) is 0 Å². The highest BCUT2D eigenvalue weighted by molar-refractivity contribution is 5.37. The Morgan fingerprint density at radius 1 is 1.06 bits per heavy atom. The average molecular weight is 234 g/mol. The van der Waals surface area contributed by atoms with Gasteiger partial charge in [-0.05, 0) is 32.0 Å². The van der Waals surface area contributed by atoms with Gasteiger partial charge in [0.1, 0.15) is 0 Å². The largest absolute Gasteiger partial charge is 0.355 e. The van der Waals surface area contributed by atoms with Gasteiger partial charge in [-0.3, -0.25) is 0 Å². The molecule has 0 radical (unpaired) electrons. The van der Waals surface area contributed by atoms with Crippen LogP contribution in [0.2, 0.25) is 0 Å². The molecule has 0 aliphatic carbocycles. The van der Waals surface area contributed by atoms with Gasteiger partial charge >= 0.3 is 0 Å². The highest BCUT2D eigenvalue weighted by atomic mass is 15.3. The van der Waals surface area contributed by atoms with Crippen LogP contribution in [0, 0.1) is 0 Å². The van der Waals surface area contributed by atoms with E-state index >= 15 is 0 Å². The van der Waals surface area contributed by atoms with E-state index in [4.69, 9.17) is 0 Å². The van der Waals surface area contributed by atoms with E-state index < -0.39 is 0 Å². The van der Waals surface area contributed by atoms with E-state index in [2.05, 4.69) is 32.5 Å². The van der Waals surface area contributed by atoms with Crippen LogP contribution in [0.3, 0.4) is 0 Å². The second-order valence-electron chi connectivity index (χ2n) is 4.67. The molecule has 0 unspecified atom stereocenters. The topological polar surface area (TPSA) is 41.0 Å². The van der Waals surface area contributed by atoms with Crippen molar-refractivity contribution in [3.63, 3.8) is 0 Å². The third-order valence-corrected chi connectivity index (χ3v) is 3.24. The summed E-state index contributed by atoms with van der Waals surface area (Å²) in [7, 11) is 1.92. The van der Waals surface area contributed by atoms with Crippen LogP contribution in [0.25, 0.3) is 0 Å². The number of nitrogens with zero attached hydrogens (tertiary/aromatic N) is 3. The smallest absolute Gasteiger partial charge is 0.151 e. The fourth-order valence-corrected chi connectivity index (χ4v) is 2.27. The Hall–Kier alpha value is -1.16. The standard InChI is InChI=1S/C13H22N4/c1-14-11-12-7-8-13(16-15-12)17-9-5-3-2-4-6-10-17/h7-8,14H,2-6,9-11H2,1H3. The van der Waals surface area contributed by atoms with E-state index in [-0.39, 0.29) is 0 Å². The molecule has 4 heteroatoms. The normalized spacial score (nSPS) is 17.6. The first-order chi connectivity index (χ1) is 8.40. The summed E-state index contributed by atoms with van der Waals surface area (Å²) in [4.78, 5) is 2.37. The molecule has 1 aromatic heterocycles. The summed E-state index contributed by atoms with van der Waals surface area (Å²) in [5, 5.41) is 11.7. The van der Waals surface area contributed by atoms with Gasteiger partial charge in [-0.2, -0.15) is 5.10 Å². The monoisotopic (exact) mass is 234 g/mol. The van der Waals surface area contributed by atoms with E-state index in [9.17, 15) is 0 Å². The van der Waals surface area contributed by atoms with Crippen molar-refractivity contribution in [3.8, 4) is 0 Å². The van der Waals surface area contributed by atoms with Crippen molar-refractivity contribution in [3.05, 3.63) is 17.8 Å². The first-order valence-electron chi connectivity index (χ1n) is 6.62. The van der Waals surface area contributed by atoms with Crippen LogP contribution < -0.4 is 10.2 Å². The highest BCUT2D eigenvalue weighted by Crippen LogP contribution is 2.16. The lowest BCUT2D eigenvalue weighted by Gasteiger charge is -2.25. The molecule has 0 saturated carbocycles. The molecule has 1 aliphatic rings. The molecule has 1 saturated heterocycles. The Balaban J connectivity index is 1.99. The summed E-state index contributed by atoms with van der Waals surface area (Å²) in [6.07, 6.45) is 6.64. The first kappa shape index (κ1) is 12.3. The zero-order chi connectivity index (χ0) is 11.9. The summed E-state index contributed by atoms with van der Waals surface area (Å²) in [6, 6.07) is 4.17. The predicted octanol–water partition coefficient (Wildman–Crippen LogP) is 1.97. The van der Waals surface area contributed by atoms with Gasteiger partial charge in [-0.1, -0.05) is 19.3 Å². The lowest BCUT2D eigenvalue weighted by atomic mass is 10.1. The van der Waals surface area contributed by atoms with Crippen molar-refractivity contribution in [2.45, 2.75) is 38.6 Å². The van der Waals surface area contributed by atoms with Crippen molar-refractivity contribution >= 4 is 5.82 Å². The molecule has 1 aromatic rings. The van der Waals surface area contributed by atoms with Crippen molar-refractivity contribution in [1.29, 1.82) is 0 Å². The summed E-state index contributed by atoms with van der Waals surface area (Å²) >= 11 is 0. The van der Waals surface area contributed by atoms with Gasteiger partial charge in [0.05, 0.1) is 5.69 Å². The second-order valence-corrected chi connectivity index (χ2v) is 4.67. The number of aromatic nitrogens is 2. The number of anilines is 1. The van der Waals surface area contributed by atoms with Crippen molar-refractivity contribution in [1.82, 2.24) is 15.5 Å². The quantitative estimate of drug-likeness (QED) is 0.868. The van der Waals surface area contributed by atoms with Crippen LogP contribution in [0.5, 0.6) is 0 Å². The van der Waals surface area contributed by atoms with E-state index in [0.717, 1.165) is 31.1 Å². The molecule has 0 atom stereocenters. The predicted molar refractivity (Wildman–Crippen MR) is 70.1 cm³/mol. The summed E-state index contributed by atoms with van der Waals surface area (Å²) in [5.41, 5.74) is 1.00. The molecule has 2 rings (SSSR count). The number of nitrogens with one attached hydrogen (secondary N) is 1. The van der Waals surface area contributed by atoms with Crippen LogP contribution in [-0.4, -0.2) is 30.3 Å². The third kappa shape index (κ3) is 3.66. The van der Waals surface area contributed by atoms with Gasteiger partial charge in [-0.25, -0.2) is 0 Å². The lowest BCUT2D eigenvalue weighted by Crippen LogP contribution is -2.28. The SMILES string of the molecule is CNCc1ccc(N2CCCCCCC2)nn1. The van der Waals surface area contributed by atoms with Gasteiger partial charge in [0, 0.05) is 19.6 Å². The molecule has 4 nitrogen and oxygen atoms in total. The number of hydrogen-bond acceptors (Lipinski definition) is 4. The molecule has 0 spiro atoms. The van der Waals surface area contributed by atoms with Gasteiger partial charge in [0.25, 0.3) is 0 Å². The summed E-state index contributed by atoms with van der Waals surface area (Å²) in [6.45, 7) is 3.04. The van der Waals surface area contributed by atoms with Crippen LogP contribution in [0.4, 0.5) is 5.82 Å². The first-order valence-corrected chi connectivity index (χ1v) is 6.62. The minimum Gasteiger partial charge on any atom is -0.355 e. The van der Waals surface area contributed by atoms with E-state index in [1.165, 1.54) is 32.1 Å². The molecule has 17 heavy (non-hydrogen) atoms. The van der Waals surface area contributed by atoms with E-state index in [1.807, 2.05) is 7.05 Å². The van der Waals surface area contributed by atoms with E-state index in [0.29, 0.717) is 0 Å². The Labute approximate surface area is 103 Å². The fraction of sp³-hybridized carbons (Fsp3) is 0.692. The molecule has 1 N–H and O–H groups in total. The minimum absolute atomic E-state index is 0.785. The maximum atomic E-state index is 4.33. The molecular formula is C13H22N4. The Bertz CT molecular complexity index is 315. The minimum atomic E-state index is 0.785.